The summed E-state index contributed by atoms with van der Waals surface area (Å²) in [6.45, 7) is 9.02. The number of carbonyl (C=O) groups is 1. The van der Waals surface area contributed by atoms with E-state index in [1.807, 2.05) is 18.2 Å². The zero-order valence-electron chi connectivity index (χ0n) is 34.4. The number of aromatic amines is 1. The lowest BCUT2D eigenvalue weighted by Gasteiger charge is -2.51. The Kier molecular flexibility index (Phi) is 11.5. The molecule has 0 saturated carbocycles. The zero-order chi connectivity index (χ0) is 43.2. The minimum atomic E-state index is -4.57. The molecule has 0 radical (unpaired) electrons. The monoisotopic (exact) mass is 881 g/mol. The Bertz CT molecular complexity index is 2660. The first-order valence-corrected chi connectivity index (χ1v) is 22.7. The SMILES string of the molecule is CC1(C)CC(c2ccc(Cl)cc2)=C2CN3CCN(c4ccc(C(=O)NS(=O)(=O)c5ccc(NCC6CCOCC6)c([N+](=O)[O-])c5)c(Oc5cnc6[nH]ccc6c5)c4)CC3OC2C1. The number of fused-ring (bicyclic) bond motifs is 3. The summed E-state index contributed by atoms with van der Waals surface area (Å²) >= 11 is 6.25. The quantitative estimate of drug-likeness (QED) is 0.0861. The molecule has 4 aliphatic rings. The number of halogens is 1. The van der Waals surface area contributed by atoms with Gasteiger partial charge in [0, 0.05) is 73.8 Å². The van der Waals surface area contributed by atoms with Crippen molar-refractivity contribution >= 4 is 61.2 Å². The molecular weight excluding hydrogens is 834 g/mol. The van der Waals surface area contributed by atoms with Gasteiger partial charge in [-0.05, 0) is 102 Å². The van der Waals surface area contributed by atoms with Crippen LogP contribution in [0, 0.1) is 21.4 Å². The second kappa shape index (κ2) is 17.0. The molecule has 1 aliphatic carbocycles. The van der Waals surface area contributed by atoms with Crippen molar-refractivity contribution in [3.8, 4) is 11.5 Å². The maximum Gasteiger partial charge on any atom is 0.293 e. The van der Waals surface area contributed by atoms with Crippen LogP contribution in [0.5, 0.6) is 11.5 Å². The zero-order valence-corrected chi connectivity index (χ0v) is 36.0. The summed E-state index contributed by atoms with van der Waals surface area (Å²) in [5, 5.41) is 16.7. The summed E-state index contributed by atoms with van der Waals surface area (Å²) < 4.78 is 48.2. The van der Waals surface area contributed by atoms with Gasteiger partial charge in [0.2, 0.25) is 0 Å². The standard InChI is InChI=1S/C45H48ClN7O8S/c1-45(2)22-36(29-3-5-31(46)6-4-29)37-26-52-16-15-51(27-42(52)61-41(37)23-45)32-7-9-35(40(20-32)60-33-19-30-11-14-47-43(30)49-25-33)44(54)50-62(57,58)34-8-10-38(39(21-34)53(55)56)48-24-28-12-17-59-18-13-28/h3-11,14,19-21,25,28,41-42,48H,12-13,15-18,22-24,26-27H2,1-2H3,(H,47,49)(H,50,54). The summed E-state index contributed by atoms with van der Waals surface area (Å²) in [7, 11) is -4.57. The number of sulfonamides is 1. The van der Waals surface area contributed by atoms with Crippen molar-refractivity contribution in [3.05, 3.63) is 117 Å². The second-order valence-corrected chi connectivity index (χ2v) is 19.3. The van der Waals surface area contributed by atoms with Gasteiger partial charge < -0.3 is 29.4 Å². The number of amides is 1. The van der Waals surface area contributed by atoms with Crippen molar-refractivity contribution in [1.29, 1.82) is 0 Å². The molecule has 17 heteroatoms. The van der Waals surface area contributed by atoms with Crippen LogP contribution in [0.2, 0.25) is 5.02 Å². The number of allylic oxidation sites excluding steroid dienone is 1. The number of nitrogens with one attached hydrogen (secondary N) is 3. The first-order chi connectivity index (χ1) is 29.8. The Labute approximate surface area is 364 Å². The Morgan fingerprint density at radius 1 is 1.06 bits per heavy atom. The first kappa shape index (κ1) is 41.8. The van der Waals surface area contributed by atoms with Gasteiger partial charge in [0.25, 0.3) is 21.6 Å². The number of hydrogen-bond acceptors (Lipinski definition) is 12. The van der Waals surface area contributed by atoms with Crippen LogP contribution in [0.1, 0.15) is 55.5 Å². The van der Waals surface area contributed by atoms with E-state index in [0.29, 0.717) is 49.3 Å². The fraction of sp³-hybridized carbons (Fsp3) is 0.378. The number of rotatable bonds is 11. The van der Waals surface area contributed by atoms with E-state index in [4.69, 9.17) is 25.8 Å². The lowest BCUT2D eigenvalue weighted by Crippen LogP contribution is -2.60. The summed E-state index contributed by atoms with van der Waals surface area (Å²) in [5.74, 6) is -0.265. The predicted molar refractivity (Wildman–Crippen MR) is 236 cm³/mol. The van der Waals surface area contributed by atoms with Crippen LogP contribution in [0.15, 0.2) is 95.7 Å². The molecule has 3 aromatic carbocycles. The van der Waals surface area contributed by atoms with E-state index in [1.54, 1.807) is 24.4 Å². The van der Waals surface area contributed by atoms with Gasteiger partial charge in [-0.3, -0.25) is 19.8 Å². The number of nitro groups is 1. The van der Waals surface area contributed by atoms with E-state index in [0.717, 1.165) is 55.9 Å². The van der Waals surface area contributed by atoms with Crippen molar-refractivity contribution in [2.45, 2.75) is 56.8 Å². The molecule has 324 valence electrons. The number of pyridine rings is 1. The van der Waals surface area contributed by atoms with Crippen LogP contribution in [0.4, 0.5) is 17.1 Å². The van der Waals surface area contributed by atoms with Crippen molar-refractivity contribution < 1.29 is 32.3 Å². The molecule has 3 N–H and O–H groups in total. The maximum absolute atomic E-state index is 14.0. The summed E-state index contributed by atoms with van der Waals surface area (Å²) in [5.41, 5.74) is 4.96. The third-order valence-electron chi connectivity index (χ3n) is 12.3. The third-order valence-corrected chi connectivity index (χ3v) is 13.9. The molecule has 2 unspecified atom stereocenters. The number of benzene rings is 3. The number of anilines is 2. The summed E-state index contributed by atoms with van der Waals surface area (Å²) in [4.78, 5) is 37.0. The lowest BCUT2D eigenvalue weighted by molar-refractivity contribution is -0.384. The number of carbonyl (C=O) groups excluding carboxylic acids is 1. The largest absolute Gasteiger partial charge is 0.455 e. The van der Waals surface area contributed by atoms with E-state index in [2.05, 4.69) is 55.8 Å². The molecule has 5 heterocycles. The van der Waals surface area contributed by atoms with Gasteiger partial charge in [0.1, 0.15) is 29.1 Å². The lowest BCUT2D eigenvalue weighted by atomic mass is 9.70. The van der Waals surface area contributed by atoms with Gasteiger partial charge in [0.05, 0.1) is 34.2 Å². The molecule has 15 nitrogen and oxygen atoms in total. The molecule has 3 fully saturated rings. The Hall–Kier alpha value is -5.52. The fourth-order valence-electron chi connectivity index (χ4n) is 8.99. The molecule has 0 spiro atoms. The molecule has 3 aliphatic heterocycles. The smallest absolute Gasteiger partial charge is 0.293 e. The Morgan fingerprint density at radius 3 is 2.66 bits per heavy atom. The number of ether oxygens (including phenoxy) is 3. The Morgan fingerprint density at radius 2 is 1.87 bits per heavy atom. The molecule has 2 atom stereocenters. The topological polar surface area (TPSA) is 181 Å². The molecule has 5 aromatic rings. The molecule has 3 saturated heterocycles. The van der Waals surface area contributed by atoms with Crippen LogP contribution < -0.4 is 19.7 Å². The van der Waals surface area contributed by atoms with Crippen LogP contribution >= 0.6 is 11.6 Å². The van der Waals surface area contributed by atoms with Crippen LogP contribution in [-0.2, 0) is 19.5 Å². The van der Waals surface area contributed by atoms with Crippen LogP contribution in [0.3, 0.4) is 0 Å². The Balaban J connectivity index is 0.965. The average molecular weight is 882 g/mol. The van der Waals surface area contributed by atoms with Gasteiger partial charge in [-0.1, -0.05) is 37.6 Å². The molecule has 2 aromatic heterocycles. The highest BCUT2D eigenvalue weighted by Gasteiger charge is 2.43. The van der Waals surface area contributed by atoms with Crippen molar-refractivity contribution in [1.82, 2.24) is 19.6 Å². The number of piperazine rings is 1. The number of nitro benzene ring substituents is 1. The highest BCUT2D eigenvalue weighted by atomic mass is 35.5. The van der Waals surface area contributed by atoms with Gasteiger partial charge >= 0.3 is 0 Å². The normalized spacial score (nSPS) is 20.7. The molecule has 62 heavy (non-hydrogen) atoms. The van der Waals surface area contributed by atoms with Crippen molar-refractivity contribution in [2.24, 2.45) is 11.3 Å². The minimum Gasteiger partial charge on any atom is -0.455 e. The minimum absolute atomic E-state index is 0.0358. The summed E-state index contributed by atoms with van der Waals surface area (Å²) in [6, 6.07) is 20.2. The molecular formula is C45H48ClN7O8S. The van der Waals surface area contributed by atoms with Gasteiger partial charge in [-0.15, -0.1) is 0 Å². The highest BCUT2D eigenvalue weighted by molar-refractivity contribution is 7.90. The van der Waals surface area contributed by atoms with E-state index in [-0.39, 0.29) is 40.7 Å². The summed E-state index contributed by atoms with van der Waals surface area (Å²) in [6.07, 6.45) is 6.53. The molecule has 9 rings (SSSR count). The highest BCUT2D eigenvalue weighted by Crippen LogP contribution is 2.47. The molecule has 0 bridgehead atoms. The fourth-order valence-corrected chi connectivity index (χ4v) is 10.1. The van der Waals surface area contributed by atoms with E-state index < -0.39 is 31.4 Å². The van der Waals surface area contributed by atoms with Crippen LogP contribution in [-0.4, -0.2) is 92.4 Å². The van der Waals surface area contributed by atoms with Gasteiger partial charge in [-0.25, -0.2) is 18.1 Å². The van der Waals surface area contributed by atoms with E-state index in [9.17, 15) is 23.3 Å². The van der Waals surface area contributed by atoms with Crippen molar-refractivity contribution in [3.63, 3.8) is 0 Å². The maximum atomic E-state index is 14.0. The third kappa shape index (κ3) is 8.88. The van der Waals surface area contributed by atoms with Crippen molar-refractivity contribution in [2.75, 3.05) is 56.2 Å². The number of nitrogens with zero attached hydrogens (tertiary/aromatic N) is 4. The van der Waals surface area contributed by atoms with Gasteiger partial charge in [0.15, 0.2) is 0 Å². The number of aromatic nitrogens is 2. The van der Waals surface area contributed by atoms with E-state index >= 15 is 0 Å². The first-order valence-electron chi connectivity index (χ1n) is 20.8. The number of hydrogen-bond donors (Lipinski definition) is 3. The predicted octanol–water partition coefficient (Wildman–Crippen LogP) is 7.99. The van der Waals surface area contributed by atoms with E-state index in [1.165, 1.54) is 41.1 Å². The van der Waals surface area contributed by atoms with Gasteiger partial charge in [-0.2, -0.15) is 0 Å². The number of H-pyrrole nitrogens is 1. The average Bonchev–Trinajstić information content (AvgIpc) is 3.73. The van der Waals surface area contributed by atoms with Crippen LogP contribution in [0.25, 0.3) is 16.6 Å². The molecule has 1 amide bonds. The second-order valence-electron chi connectivity index (χ2n) is 17.2.